The van der Waals surface area contributed by atoms with Crippen molar-refractivity contribution in [3.8, 4) is 5.75 Å². The summed E-state index contributed by atoms with van der Waals surface area (Å²) in [5.41, 5.74) is 0.112. The second kappa shape index (κ2) is 7.36. The molecule has 4 nitrogen and oxygen atoms in total. The van der Waals surface area contributed by atoms with E-state index in [1.165, 1.54) is 7.11 Å². The van der Waals surface area contributed by atoms with Gasteiger partial charge in [-0.1, -0.05) is 0 Å². The van der Waals surface area contributed by atoms with E-state index in [0.717, 1.165) is 44.5 Å². The van der Waals surface area contributed by atoms with Crippen LogP contribution in [-0.2, 0) is 4.79 Å². The molecule has 0 aliphatic carbocycles. The molecule has 0 atom stereocenters. The molecule has 6 heteroatoms. The summed E-state index contributed by atoms with van der Waals surface area (Å²) in [5.74, 6) is -1.78. The summed E-state index contributed by atoms with van der Waals surface area (Å²) in [6.45, 7) is 1.97. The number of piperidine rings is 1. The van der Waals surface area contributed by atoms with Crippen LogP contribution in [0.5, 0.6) is 5.75 Å². The molecule has 1 aliphatic rings. The molecule has 0 bridgehead atoms. The molecule has 1 saturated heterocycles. The zero-order valence-corrected chi connectivity index (χ0v) is 12.0. The maximum Gasteiger partial charge on any atom is 0.224 e. The summed E-state index contributed by atoms with van der Waals surface area (Å²) in [6.07, 6.45) is 3.30. The van der Waals surface area contributed by atoms with Crippen LogP contribution in [0.1, 0.15) is 25.7 Å². The molecule has 1 aromatic carbocycles. The maximum atomic E-state index is 13.5. The van der Waals surface area contributed by atoms with Crippen molar-refractivity contribution >= 4 is 11.6 Å². The van der Waals surface area contributed by atoms with Crippen LogP contribution in [0.15, 0.2) is 12.1 Å². The number of hydrogen-bond donors (Lipinski definition) is 2. The number of benzene rings is 1. The number of amides is 1. The van der Waals surface area contributed by atoms with Crippen molar-refractivity contribution in [2.75, 3.05) is 25.5 Å². The van der Waals surface area contributed by atoms with E-state index in [0.29, 0.717) is 12.3 Å². The third-order valence-corrected chi connectivity index (χ3v) is 3.72. The maximum absolute atomic E-state index is 13.5. The van der Waals surface area contributed by atoms with E-state index in [1.54, 1.807) is 0 Å². The van der Waals surface area contributed by atoms with Crippen molar-refractivity contribution in [2.24, 2.45) is 5.92 Å². The van der Waals surface area contributed by atoms with Gasteiger partial charge in [-0.25, -0.2) is 8.78 Å². The van der Waals surface area contributed by atoms with Crippen LogP contribution in [0, 0.1) is 17.6 Å². The van der Waals surface area contributed by atoms with Gasteiger partial charge in [-0.2, -0.15) is 0 Å². The van der Waals surface area contributed by atoms with Gasteiger partial charge in [0, 0.05) is 24.2 Å². The fourth-order valence-electron chi connectivity index (χ4n) is 2.56. The Morgan fingerprint density at radius 3 is 2.52 bits per heavy atom. The first-order valence-electron chi connectivity index (χ1n) is 7.13. The summed E-state index contributed by atoms with van der Waals surface area (Å²) in [7, 11) is 1.19. The van der Waals surface area contributed by atoms with Gasteiger partial charge >= 0.3 is 0 Å². The minimum atomic E-state index is -0.828. The van der Waals surface area contributed by atoms with Crippen molar-refractivity contribution < 1.29 is 18.3 Å². The van der Waals surface area contributed by atoms with Gasteiger partial charge in [0.2, 0.25) is 5.91 Å². The summed E-state index contributed by atoms with van der Waals surface area (Å²) < 4.78 is 31.6. The van der Waals surface area contributed by atoms with Crippen LogP contribution in [-0.4, -0.2) is 26.1 Å². The van der Waals surface area contributed by atoms with Crippen LogP contribution in [0.2, 0.25) is 0 Å². The summed E-state index contributed by atoms with van der Waals surface area (Å²) >= 11 is 0. The summed E-state index contributed by atoms with van der Waals surface area (Å²) in [4.78, 5) is 11.8. The number of rotatable bonds is 5. The van der Waals surface area contributed by atoms with Crippen molar-refractivity contribution in [3.05, 3.63) is 23.8 Å². The first-order valence-corrected chi connectivity index (χ1v) is 7.13. The lowest BCUT2D eigenvalue weighted by Crippen LogP contribution is -2.28. The molecule has 2 N–H and O–H groups in total. The molecule has 0 radical (unpaired) electrons. The van der Waals surface area contributed by atoms with Crippen molar-refractivity contribution in [2.45, 2.75) is 25.7 Å². The Balaban J connectivity index is 1.87. The molecule has 1 aromatic rings. The Kier molecular flexibility index (Phi) is 5.50. The number of nitrogens with one attached hydrogen (secondary N) is 2. The Morgan fingerprint density at radius 1 is 1.33 bits per heavy atom. The molecule has 0 saturated carbocycles. The van der Waals surface area contributed by atoms with E-state index < -0.39 is 17.4 Å². The zero-order chi connectivity index (χ0) is 15.2. The Hall–Kier alpha value is -1.69. The summed E-state index contributed by atoms with van der Waals surface area (Å²) in [6, 6.07) is 2.12. The predicted molar refractivity (Wildman–Crippen MR) is 76.4 cm³/mol. The van der Waals surface area contributed by atoms with Gasteiger partial charge < -0.3 is 15.4 Å². The summed E-state index contributed by atoms with van der Waals surface area (Å²) in [5, 5.41) is 5.79. The van der Waals surface area contributed by atoms with Crippen molar-refractivity contribution in [1.29, 1.82) is 0 Å². The standard InChI is InChI=1S/C15H20F2N2O2/c1-21-15-12(16)8-11(9-13(15)17)19-14(20)3-2-10-4-6-18-7-5-10/h8-10,18H,2-7H2,1H3,(H,19,20). The van der Waals surface area contributed by atoms with E-state index in [-0.39, 0.29) is 11.6 Å². The highest BCUT2D eigenvalue weighted by molar-refractivity contribution is 5.90. The van der Waals surface area contributed by atoms with E-state index >= 15 is 0 Å². The van der Waals surface area contributed by atoms with Crippen LogP contribution in [0.4, 0.5) is 14.5 Å². The first-order chi connectivity index (χ1) is 10.1. The number of methoxy groups -OCH3 is 1. The normalized spacial score (nSPS) is 15.8. The van der Waals surface area contributed by atoms with Gasteiger partial charge in [-0.05, 0) is 38.3 Å². The number of carbonyl (C=O) groups is 1. The van der Waals surface area contributed by atoms with Crippen LogP contribution < -0.4 is 15.4 Å². The van der Waals surface area contributed by atoms with Crippen molar-refractivity contribution in [1.82, 2.24) is 5.32 Å². The fourth-order valence-corrected chi connectivity index (χ4v) is 2.56. The number of carbonyl (C=O) groups excluding carboxylic acids is 1. The molecular weight excluding hydrogens is 278 g/mol. The topological polar surface area (TPSA) is 50.4 Å². The van der Waals surface area contributed by atoms with Crippen LogP contribution in [0.3, 0.4) is 0 Å². The quantitative estimate of drug-likeness (QED) is 0.878. The van der Waals surface area contributed by atoms with E-state index in [9.17, 15) is 13.6 Å². The van der Waals surface area contributed by atoms with Crippen LogP contribution >= 0.6 is 0 Å². The first kappa shape index (κ1) is 15.7. The van der Waals surface area contributed by atoms with Gasteiger partial charge in [0.05, 0.1) is 7.11 Å². The molecule has 2 rings (SSSR count). The largest absolute Gasteiger partial charge is 0.491 e. The highest BCUT2D eigenvalue weighted by atomic mass is 19.1. The zero-order valence-electron chi connectivity index (χ0n) is 12.0. The number of anilines is 1. The lowest BCUT2D eigenvalue weighted by atomic mass is 9.93. The van der Waals surface area contributed by atoms with Gasteiger partial charge in [-0.15, -0.1) is 0 Å². The highest BCUT2D eigenvalue weighted by Gasteiger charge is 2.16. The molecule has 1 aliphatic heterocycles. The highest BCUT2D eigenvalue weighted by Crippen LogP contribution is 2.25. The van der Waals surface area contributed by atoms with Crippen molar-refractivity contribution in [3.63, 3.8) is 0 Å². The molecule has 116 valence electrons. The third kappa shape index (κ3) is 4.39. The average Bonchev–Trinajstić information content (AvgIpc) is 2.46. The van der Waals surface area contributed by atoms with Gasteiger partial charge in [0.15, 0.2) is 17.4 Å². The number of halogens is 2. The minimum Gasteiger partial charge on any atom is -0.491 e. The molecule has 0 spiro atoms. The molecule has 21 heavy (non-hydrogen) atoms. The smallest absolute Gasteiger partial charge is 0.224 e. The monoisotopic (exact) mass is 298 g/mol. The molecule has 1 amide bonds. The minimum absolute atomic E-state index is 0.112. The Morgan fingerprint density at radius 2 is 1.95 bits per heavy atom. The van der Waals surface area contributed by atoms with Gasteiger partial charge in [-0.3, -0.25) is 4.79 Å². The number of ether oxygens (including phenoxy) is 1. The third-order valence-electron chi connectivity index (χ3n) is 3.72. The van der Waals surface area contributed by atoms with Gasteiger partial charge in [0.1, 0.15) is 0 Å². The molecule has 1 fully saturated rings. The lowest BCUT2D eigenvalue weighted by Gasteiger charge is -2.22. The van der Waals surface area contributed by atoms with Gasteiger partial charge in [0.25, 0.3) is 0 Å². The lowest BCUT2D eigenvalue weighted by molar-refractivity contribution is -0.116. The van der Waals surface area contributed by atoms with E-state index in [4.69, 9.17) is 0 Å². The molecule has 0 unspecified atom stereocenters. The fraction of sp³-hybridized carbons (Fsp3) is 0.533. The SMILES string of the molecule is COc1c(F)cc(NC(=O)CCC2CCNCC2)cc1F. The Labute approximate surface area is 122 Å². The molecular formula is C15H20F2N2O2. The van der Waals surface area contributed by atoms with E-state index in [1.807, 2.05) is 0 Å². The Bertz CT molecular complexity index is 479. The predicted octanol–water partition coefficient (Wildman–Crippen LogP) is 2.69. The number of hydrogen-bond acceptors (Lipinski definition) is 3. The second-order valence-corrected chi connectivity index (χ2v) is 5.25. The van der Waals surface area contributed by atoms with Crippen LogP contribution in [0.25, 0.3) is 0 Å². The molecule has 0 aromatic heterocycles. The second-order valence-electron chi connectivity index (χ2n) is 5.25. The molecule has 1 heterocycles. The average molecular weight is 298 g/mol. The van der Waals surface area contributed by atoms with E-state index in [2.05, 4.69) is 15.4 Å².